The van der Waals surface area contributed by atoms with Gasteiger partial charge in [-0.25, -0.2) is 4.98 Å². The largest absolute Gasteiger partial charge is 0.291 e. The molecule has 0 aliphatic heterocycles. The van der Waals surface area contributed by atoms with Gasteiger partial charge in [-0.3, -0.25) is 15.4 Å². The number of rotatable bonds is 1. The van der Waals surface area contributed by atoms with E-state index in [0.29, 0.717) is 0 Å². The average Bonchev–Trinajstić information content (AvgIpc) is 1.89. The molecule has 0 fully saturated rings. The van der Waals surface area contributed by atoms with Gasteiger partial charge in [0.1, 0.15) is 11.8 Å². The monoisotopic (exact) mass is 122 g/mol. The maximum atomic E-state index is 7.14. The van der Waals surface area contributed by atoms with E-state index >= 15 is 0 Å². The second-order valence-electron chi connectivity index (χ2n) is 1.50. The van der Waals surface area contributed by atoms with Crippen molar-refractivity contribution in [2.45, 2.75) is 0 Å². The quantitative estimate of drug-likeness (QED) is 0.393. The van der Waals surface area contributed by atoms with E-state index in [0.717, 1.165) is 6.34 Å². The normalized spacial score (nSPS) is 8.89. The van der Waals surface area contributed by atoms with Crippen LogP contribution in [0.15, 0.2) is 18.6 Å². The lowest BCUT2D eigenvalue weighted by molar-refractivity contribution is 0.938. The van der Waals surface area contributed by atoms with Crippen molar-refractivity contribution >= 4 is 6.34 Å². The van der Waals surface area contributed by atoms with Gasteiger partial charge in [-0.1, -0.05) is 0 Å². The third kappa shape index (κ3) is 1.02. The second-order valence-corrected chi connectivity index (χ2v) is 1.50. The first-order valence-corrected chi connectivity index (χ1v) is 2.42. The third-order valence-corrected chi connectivity index (χ3v) is 0.927. The standard InChI is InChI=1S/C5H6N4/c6-3-9-4-8-2-1-5(9)7/h1-4,6-7H. The lowest BCUT2D eigenvalue weighted by Gasteiger charge is -1.91. The van der Waals surface area contributed by atoms with Gasteiger partial charge in [-0.05, 0) is 6.07 Å². The smallest absolute Gasteiger partial charge is 0.132 e. The van der Waals surface area contributed by atoms with Gasteiger partial charge in [0.05, 0.1) is 6.34 Å². The molecule has 46 valence electrons. The Hall–Kier alpha value is -1.45. The molecule has 0 aliphatic carbocycles. The lowest BCUT2D eigenvalue weighted by atomic mass is 10.6. The second kappa shape index (κ2) is 2.21. The summed E-state index contributed by atoms with van der Waals surface area (Å²) in [5.74, 6) is 0. The minimum atomic E-state index is 0.264. The Morgan fingerprint density at radius 2 is 2.44 bits per heavy atom. The van der Waals surface area contributed by atoms with Gasteiger partial charge in [0.25, 0.3) is 0 Å². The van der Waals surface area contributed by atoms with Crippen LogP contribution in [0.3, 0.4) is 0 Å². The first-order valence-electron chi connectivity index (χ1n) is 2.42. The van der Waals surface area contributed by atoms with E-state index in [-0.39, 0.29) is 5.49 Å². The van der Waals surface area contributed by atoms with Crippen molar-refractivity contribution < 1.29 is 0 Å². The molecule has 0 saturated heterocycles. The summed E-state index contributed by atoms with van der Waals surface area (Å²) in [5, 5.41) is 13.9. The highest BCUT2D eigenvalue weighted by molar-refractivity contribution is 5.52. The Morgan fingerprint density at radius 3 is 2.89 bits per heavy atom. The molecule has 0 atom stereocenters. The van der Waals surface area contributed by atoms with Gasteiger partial charge in [0.15, 0.2) is 0 Å². The number of nitrogens with one attached hydrogen (secondary N) is 2. The Balaban J connectivity index is 3.32. The molecule has 0 saturated carbocycles. The number of hydrogen-bond donors (Lipinski definition) is 2. The fraction of sp³-hybridized carbons (Fsp3) is 0. The van der Waals surface area contributed by atoms with Crippen molar-refractivity contribution in [2.75, 3.05) is 0 Å². The van der Waals surface area contributed by atoms with Crippen molar-refractivity contribution in [2.24, 2.45) is 0 Å². The maximum Gasteiger partial charge on any atom is 0.132 e. The summed E-state index contributed by atoms with van der Waals surface area (Å²) in [6.45, 7) is 0. The molecule has 0 amide bonds. The Morgan fingerprint density at radius 1 is 1.67 bits per heavy atom. The first kappa shape index (κ1) is 5.68. The molecule has 1 aromatic heterocycles. The van der Waals surface area contributed by atoms with Crippen LogP contribution in [0.25, 0.3) is 0 Å². The van der Waals surface area contributed by atoms with Crippen molar-refractivity contribution in [3.05, 3.63) is 24.1 Å². The molecular weight excluding hydrogens is 116 g/mol. The van der Waals surface area contributed by atoms with Gasteiger partial charge in [-0.2, -0.15) is 0 Å². The number of hydrogen-bond acceptors (Lipinski definition) is 3. The average molecular weight is 122 g/mol. The van der Waals surface area contributed by atoms with E-state index in [1.807, 2.05) is 0 Å². The van der Waals surface area contributed by atoms with E-state index in [9.17, 15) is 0 Å². The maximum absolute atomic E-state index is 7.14. The molecule has 0 unspecified atom stereocenters. The highest BCUT2D eigenvalue weighted by atomic mass is 15.0. The molecule has 2 N–H and O–H groups in total. The Kier molecular flexibility index (Phi) is 1.40. The number of aromatic nitrogens is 2. The molecule has 0 aromatic carbocycles. The summed E-state index contributed by atoms with van der Waals surface area (Å²) in [6.07, 6.45) is 3.97. The zero-order valence-corrected chi connectivity index (χ0v) is 4.70. The lowest BCUT2D eigenvalue weighted by Crippen LogP contribution is -2.17. The summed E-state index contributed by atoms with van der Waals surface area (Å²) in [4.78, 5) is 3.71. The molecule has 0 spiro atoms. The molecule has 1 rings (SSSR count). The van der Waals surface area contributed by atoms with Crippen molar-refractivity contribution in [3.63, 3.8) is 0 Å². The van der Waals surface area contributed by atoms with Crippen LogP contribution in [-0.4, -0.2) is 15.9 Å². The van der Waals surface area contributed by atoms with Gasteiger partial charge in [0.2, 0.25) is 0 Å². The summed E-state index contributed by atoms with van der Waals surface area (Å²) in [7, 11) is 0. The molecule has 0 radical (unpaired) electrons. The van der Waals surface area contributed by atoms with Crippen LogP contribution in [0, 0.1) is 10.8 Å². The third-order valence-electron chi connectivity index (χ3n) is 0.927. The summed E-state index contributed by atoms with van der Waals surface area (Å²) in [5.41, 5.74) is 0.264. The fourth-order valence-electron chi connectivity index (χ4n) is 0.475. The van der Waals surface area contributed by atoms with Gasteiger partial charge >= 0.3 is 0 Å². The van der Waals surface area contributed by atoms with Crippen LogP contribution in [0.2, 0.25) is 0 Å². The van der Waals surface area contributed by atoms with Crippen molar-refractivity contribution in [3.8, 4) is 0 Å². The highest BCUT2D eigenvalue weighted by Gasteiger charge is 1.80. The van der Waals surface area contributed by atoms with Crippen LogP contribution in [-0.2, 0) is 0 Å². The van der Waals surface area contributed by atoms with Crippen LogP contribution >= 0.6 is 0 Å². The van der Waals surface area contributed by atoms with Gasteiger partial charge in [0, 0.05) is 6.20 Å². The molecule has 9 heavy (non-hydrogen) atoms. The first-order chi connectivity index (χ1) is 4.34. The molecule has 4 nitrogen and oxygen atoms in total. The predicted octanol–water partition coefficient (Wildman–Crippen LogP) is -0.182. The summed E-state index contributed by atoms with van der Waals surface area (Å²) in [6, 6.07) is 1.52. The summed E-state index contributed by atoms with van der Waals surface area (Å²) >= 11 is 0. The van der Waals surface area contributed by atoms with Crippen LogP contribution in [0.1, 0.15) is 0 Å². The van der Waals surface area contributed by atoms with Crippen LogP contribution in [0.5, 0.6) is 0 Å². The highest BCUT2D eigenvalue weighted by Crippen LogP contribution is 1.66. The number of nitrogens with zero attached hydrogens (tertiary/aromatic N) is 2. The molecule has 1 heterocycles. The van der Waals surface area contributed by atoms with E-state index in [1.54, 1.807) is 0 Å². The van der Waals surface area contributed by atoms with Crippen LogP contribution < -0.4 is 5.49 Å². The Bertz CT molecular complexity index is 262. The van der Waals surface area contributed by atoms with Gasteiger partial charge in [-0.15, -0.1) is 0 Å². The molecule has 0 bridgehead atoms. The van der Waals surface area contributed by atoms with Crippen LogP contribution in [0.4, 0.5) is 0 Å². The topological polar surface area (TPSA) is 65.5 Å². The summed E-state index contributed by atoms with van der Waals surface area (Å²) < 4.78 is 1.31. The Labute approximate surface area is 51.8 Å². The van der Waals surface area contributed by atoms with E-state index in [4.69, 9.17) is 10.8 Å². The van der Waals surface area contributed by atoms with Gasteiger partial charge < -0.3 is 0 Å². The zero-order valence-electron chi connectivity index (χ0n) is 4.70. The molecule has 0 aliphatic rings. The molecule has 4 heteroatoms. The molecule has 1 aromatic rings. The minimum absolute atomic E-state index is 0.264. The predicted molar refractivity (Wildman–Crippen MR) is 32.3 cm³/mol. The van der Waals surface area contributed by atoms with Crippen molar-refractivity contribution in [1.29, 1.82) is 10.8 Å². The minimum Gasteiger partial charge on any atom is -0.291 e. The SMILES string of the molecule is N=Cn1cnccc1=N. The zero-order chi connectivity index (χ0) is 6.69. The van der Waals surface area contributed by atoms with E-state index in [2.05, 4.69) is 4.98 Å². The molecular formula is C5H6N4. The van der Waals surface area contributed by atoms with E-state index in [1.165, 1.54) is 23.2 Å². The fourth-order valence-corrected chi connectivity index (χ4v) is 0.475. The van der Waals surface area contributed by atoms with Crippen molar-refractivity contribution in [1.82, 2.24) is 9.55 Å². The van der Waals surface area contributed by atoms with E-state index < -0.39 is 0 Å².